The van der Waals surface area contributed by atoms with Crippen molar-refractivity contribution in [1.82, 2.24) is 24.6 Å². The number of nitrogens with one attached hydrogen (secondary N) is 1. The Bertz CT molecular complexity index is 897. The summed E-state index contributed by atoms with van der Waals surface area (Å²) in [6, 6.07) is 9.51. The SMILES string of the molecule is CCOC(=O)CNC(=O)CN1CCC(c2nn(C)c(=O)n2-c2ccccc2)CC1. The van der Waals surface area contributed by atoms with Crippen molar-refractivity contribution in [1.29, 1.82) is 0 Å². The molecular formula is C20H27N5O4. The van der Waals surface area contributed by atoms with E-state index in [9.17, 15) is 14.4 Å². The van der Waals surface area contributed by atoms with Crippen LogP contribution < -0.4 is 11.0 Å². The van der Waals surface area contributed by atoms with Gasteiger partial charge in [-0.15, -0.1) is 0 Å². The molecule has 2 heterocycles. The van der Waals surface area contributed by atoms with E-state index in [1.54, 1.807) is 18.5 Å². The molecule has 1 N–H and O–H groups in total. The van der Waals surface area contributed by atoms with E-state index in [0.29, 0.717) is 6.61 Å². The number of benzene rings is 1. The van der Waals surface area contributed by atoms with Crippen molar-refractivity contribution in [3.63, 3.8) is 0 Å². The average Bonchev–Trinajstić information content (AvgIpc) is 3.02. The molecule has 3 rings (SSSR count). The highest BCUT2D eigenvalue weighted by atomic mass is 16.5. The van der Waals surface area contributed by atoms with E-state index in [0.717, 1.165) is 37.4 Å². The molecule has 1 aromatic carbocycles. The second-order valence-corrected chi connectivity index (χ2v) is 7.07. The maximum atomic E-state index is 12.6. The summed E-state index contributed by atoms with van der Waals surface area (Å²) in [6.45, 7) is 3.58. The Kier molecular flexibility index (Phi) is 6.82. The summed E-state index contributed by atoms with van der Waals surface area (Å²) < 4.78 is 7.85. The Morgan fingerprint density at radius 1 is 1.21 bits per heavy atom. The molecule has 1 aliphatic rings. The quantitative estimate of drug-likeness (QED) is 0.676. The number of likely N-dealkylation sites (tertiary alicyclic amines) is 1. The van der Waals surface area contributed by atoms with Gasteiger partial charge in [0.2, 0.25) is 5.91 Å². The van der Waals surface area contributed by atoms with Crippen molar-refractivity contribution in [3.8, 4) is 5.69 Å². The number of rotatable bonds is 7. The van der Waals surface area contributed by atoms with E-state index >= 15 is 0 Å². The van der Waals surface area contributed by atoms with E-state index in [1.807, 2.05) is 35.2 Å². The summed E-state index contributed by atoms with van der Waals surface area (Å²) in [5, 5.41) is 7.06. The maximum absolute atomic E-state index is 12.6. The second kappa shape index (κ2) is 9.51. The molecule has 0 unspecified atom stereocenters. The molecule has 0 aliphatic carbocycles. The molecular weight excluding hydrogens is 374 g/mol. The lowest BCUT2D eigenvalue weighted by Gasteiger charge is -2.30. The summed E-state index contributed by atoms with van der Waals surface area (Å²) in [4.78, 5) is 38.0. The van der Waals surface area contributed by atoms with E-state index in [-0.39, 0.29) is 30.6 Å². The molecule has 0 bridgehead atoms. The molecule has 1 aliphatic heterocycles. The van der Waals surface area contributed by atoms with Gasteiger partial charge in [0.1, 0.15) is 12.4 Å². The Hall–Kier alpha value is -2.94. The molecule has 2 aromatic rings. The average molecular weight is 401 g/mol. The topological polar surface area (TPSA) is 98.5 Å². The first-order valence-corrected chi connectivity index (χ1v) is 9.85. The predicted octanol–water partition coefficient (Wildman–Crippen LogP) is 0.430. The summed E-state index contributed by atoms with van der Waals surface area (Å²) in [5.74, 6) is 0.266. The standard InChI is InChI=1S/C20H27N5O4/c1-3-29-18(27)13-21-17(26)14-24-11-9-15(10-12-24)19-22-23(2)20(28)25(19)16-7-5-4-6-8-16/h4-8,15H,3,9-14H2,1-2H3,(H,21,26). The van der Waals surface area contributed by atoms with Crippen LogP contribution in [-0.4, -0.2) is 63.9 Å². The Morgan fingerprint density at radius 3 is 2.55 bits per heavy atom. The van der Waals surface area contributed by atoms with Gasteiger partial charge in [-0.05, 0) is 45.0 Å². The van der Waals surface area contributed by atoms with Crippen molar-refractivity contribution in [3.05, 3.63) is 46.6 Å². The van der Waals surface area contributed by atoms with Gasteiger partial charge >= 0.3 is 11.7 Å². The zero-order valence-electron chi connectivity index (χ0n) is 16.8. The van der Waals surface area contributed by atoms with Gasteiger partial charge in [-0.3, -0.25) is 14.5 Å². The Labute approximate surface area is 169 Å². The molecule has 0 spiro atoms. The summed E-state index contributed by atoms with van der Waals surface area (Å²) in [6.07, 6.45) is 1.60. The zero-order valence-corrected chi connectivity index (χ0v) is 16.8. The molecule has 156 valence electrons. The molecule has 0 radical (unpaired) electrons. The Morgan fingerprint density at radius 2 is 1.90 bits per heavy atom. The van der Waals surface area contributed by atoms with Crippen LogP contribution in [0.1, 0.15) is 31.5 Å². The molecule has 1 saturated heterocycles. The van der Waals surface area contributed by atoms with E-state index in [4.69, 9.17) is 4.74 Å². The van der Waals surface area contributed by atoms with Crippen LogP contribution in [0.5, 0.6) is 0 Å². The van der Waals surface area contributed by atoms with Crippen LogP contribution in [0, 0.1) is 0 Å². The number of carbonyl (C=O) groups excluding carboxylic acids is 2. The van der Waals surface area contributed by atoms with Crippen LogP contribution in [0.15, 0.2) is 35.1 Å². The van der Waals surface area contributed by atoms with Gasteiger partial charge in [0.15, 0.2) is 0 Å². The number of aromatic nitrogens is 3. The van der Waals surface area contributed by atoms with Gasteiger partial charge in [0, 0.05) is 13.0 Å². The van der Waals surface area contributed by atoms with Gasteiger partial charge in [-0.1, -0.05) is 18.2 Å². The summed E-state index contributed by atoms with van der Waals surface area (Å²) in [7, 11) is 1.66. The molecule has 0 saturated carbocycles. The number of piperidine rings is 1. The minimum absolute atomic E-state index is 0.111. The lowest BCUT2D eigenvalue weighted by molar-refractivity contribution is -0.143. The first-order chi connectivity index (χ1) is 14.0. The van der Waals surface area contributed by atoms with E-state index in [1.165, 1.54) is 4.68 Å². The maximum Gasteiger partial charge on any atom is 0.350 e. The van der Waals surface area contributed by atoms with Crippen LogP contribution in [0.2, 0.25) is 0 Å². The number of carbonyl (C=O) groups is 2. The highest BCUT2D eigenvalue weighted by molar-refractivity contribution is 5.83. The first-order valence-electron chi connectivity index (χ1n) is 9.85. The fourth-order valence-corrected chi connectivity index (χ4v) is 3.56. The highest BCUT2D eigenvalue weighted by Crippen LogP contribution is 2.27. The lowest BCUT2D eigenvalue weighted by atomic mass is 9.95. The van der Waals surface area contributed by atoms with Crippen molar-refractivity contribution in [2.24, 2.45) is 7.05 Å². The first kappa shape index (κ1) is 20.8. The largest absolute Gasteiger partial charge is 0.465 e. The highest BCUT2D eigenvalue weighted by Gasteiger charge is 2.27. The molecule has 9 heteroatoms. The molecule has 9 nitrogen and oxygen atoms in total. The number of amides is 1. The van der Waals surface area contributed by atoms with Gasteiger partial charge in [0.25, 0.3) is 0 Å². The number of ether oxygens (including phenoxy) is 1. The van der Waals surface area contributed by atoms with Crippen LogP contribution >= 0.6 is 0 Å². The van der Waals surface area contributed by atoms with E-state index in [2.05, 4.69) is 10.4 Å². The monoisotopic (exact) mass is 401 g/mol. The van der Waals surface area contributed by atoms with Gasteiger partial charge in [-0.2, -0.15) is 5.10 Å². The van der Waals surface area contributed by atoms with Gasteiger partial charge < -0.3 is 10.1 Å². The number of para-hydroxylation sites is 1. The van der Waals surface area contributed by atoms with Crippen LogP contribution in [0.3, 0.4) is 0 Å². The van der Waals surface area contributed by atoms with Crippen molar-refractivity contribution in [2.45, 2.75) is 25.7 Å². The molecule has 1 fully saturated rings. The molecule has 1 amide bonds. The third-order valence-electron chi connectivity index (χ3n) is 5.02. The fraction of sp³-hybridized carbons (Fsp3) is 0.500. The third-order valence-corrected chi connectivity index (χ3v) is 5.02. The van der Waals surface area contributed by atoms with E-state index < -0.39 is 5.97 Å². The number of hydrogen-bond donors (Lipinski definition) is 1. The molecule has 1 aromatic heterocycles. The minimum Gasteiger partial charge on any atom is -0.465 e. The number of esters is 1. The third kappa shape index (κ3) is 5.11. The second-order valence-electron chi connectivity index (χ2n) is 7.07. The Balaban J connectivity index is 1.59. The summed E-state index contributed by atoms with van der Waals surface area (Å²) in [5.41, 5.74) is 0.647. The van der Waals surface area contributed by atoms with Crippen molar-refractivity contribution in [2.75, 3.05) is 32.8 Å². The van der Waals surface area contributed by atoms with Crippen LogP contribution in [-0.2, 0) is 21.4 Å². The van der Waals surface area contributed by atoms with Gasteiger partial charge in [-0.25, -0.2) is 14.0 Å². The number of nitrogens with zero attached hydrogens (tertiary/aromatic N) is 4. The van der Waals surface area contributed by atoms with Crippen LogP contribution in [0.25, 0.3) is 5.69 Å². The predicted molar refractivity (Wildman–Crippen MR) is 107 cm³/mol. The normalized spacial score (nSPS) is 15.2. The molecule has 29 heavy (non-hydrogen) atoms. The molecule has 0 atom stereocenters. The number of hydrogen-bond acceptors (Lipinski definition) is 6. The van der Waals surface area contributed by atoms with Crippen molar-refractivity contribution >= 4 is 11.9 Å². The lowest BCUT2D eigenvalue weighted by Crippen LogP contribution is -2.42. The smallest absolute Gasteiger partial charge is 0.350 e. The minimum atomic E-state index is -0.436. The summed E-state index contributed by atoms with van der Waals surface area (Å²) >= 11 is 0. The van der Waals surface area contributed by atoms with Gasteiger partial charge in [0.05, 0.1) is 18.8 Å². The van der Waals surface area contributed by atoms with Crippen molar-refractivity contribution < 1.29 is 14.3 Å². The fourth-order valence-electron chi connectivity index (χ4n) is 3.56. The number of aryl methyl sites for hydroxylation is 1. The van der Waals surface area contributed by atoms with Crippen LogP contribution in [0.4, 0.5) is 0 Å². The zero-order chi connectivity index (χ0) is 20.8.